The predicted octanol–water partition coefficient (Wildman–Crippen LogP) is 2.76. The molecular formula is C19H20N4O2. The Labute approximate surface area is 146 Å². The summed E-state index contributed by atoms with van der Waals surface area (Å²) >= 11 is 0. The van der Waals surface area contributed by atoms with Crippen LogP contribution in [0.5, 0.6) is 5.75 Å². The zero-order valence-corrected chi connectivity index (χ0v) is 14.2. The summed E-state index contributed by atoms with van der Waals surface area (Å²) in [6, 6.07) is 15.1. The summed E-state index contributed by atoms with van der Waals surface area (Å²) < 4.78 is 5.14. The van der Waals surface area contributed by atoms with Crippen molar-refractivity contribution in [1.82, 2.24) is 20.5 Å². The molecule has 25 heavy (non-hydrogen) atoms. The Morgan fingerprint density at radius 3 is 2.64 bits per heavy atom. The van der Waals surface area contributed by atoms with E-state index in [9.17, 15) is 4.79 Å². The van der Waals surface area contributed by atoms with Gasteiger partial charge < -0.3 is 10.1 Å². The molecule has 1 aromatic heterocycles. The predicted molar refractivity (Wildman–Crippen MR) is 95.6 cm³/mol. The number of carbonyl (C=O) groups excluding carboxylic acids is 1. The monoisotopic (exact) mass is 336 g/mol. The molecule has 0 unspecified atom stereocenters. The normalized spacial score (nSPS) is 10.5. The Balaban J connectivity index is 1.56. The highest BCUT2D eigenvalue weighted by Crippen LogP contribution is 2.18. The number of amides is 1. The van der Waals surface area contributed by atoms with Gasteiger partial charge in [-0.25, -0.2) is 4.98 Å². The second-order valence-corrected chi connectivity index (χ2v) is 5.66. The molecule has 6 heteroatoms. The van der Waals surface area contributed by atoms with Crippen molar-refractivity contribution < 1.29 is 9.53 Å². The second kappa shape index (κ2) is 7.61. The lowest BCUT2D eigenvalue weighted by Crippen LogP contribution is -2.26. The van der Waals surface area contributed by atoms with E-state index in [2.05, 4.69) is 20.5 Å². The number of hydrogen-bond acceptors (Lipinski definition) is 4. The maximum atomic E-state index is 12.2. The number of H-pyrrole nitrogens is 1. The lowest BCUT2D eigenvalue weighted by molar-refractivity contribution is 0.0953. The Kier molecular flexibility index (Phi) is 5.09. The molecule has 6 nitrogen and oxygen atoms in total. The standard InChI is InChI=1S/C19H20N4O2/c1-13-5-3-4-6-16(13)19(24)20-12-11-17-21-18(23-22-17)14-7-9-15(25-2)10-8-14/h3-10H,11-12H2,1-2H3,(H,20,24)(H,21,22,23). The number of methoxy groups -OCH3 is 1. The van der Waals surface area contributed by atoms with E-state index in [4.69, 9.17) is 4.74 Å². The zero-order valence-electron chi connectivity index (χ0n) is 14.2. The molecule has 0 atom stereocenters. The fraction of sp³-hybridized carbons (Fsp3) is 0.211. The van der Waals surface area contributed by atoms with Crippen LogP contribution >= 0.6 is 0 Å². The number of nitrogens with zero attached hydrogens (tertiary/aromatic N) is 2. The van der Waals surface area contributed by atoms with Crippen LogP contribution in [0.4, 0.5) is 0 Å². The fourth-order valence-electron chi connectivity index (χ4n) is 2.49. The minimum Gasteiger partial charge on any atom is -0.497 e. The average molecular weight is 336 g/mol. The minimum absolute atomic E-state index is 0.0759. The van der Waals surface area contributed by atoms with Gasteiger partial charge in [0, 0.05) is 24.1 Å². The van der Waals surface area contributed by atoms with Gasteiger partial charge in [0.1, 0.15) is 11.6 Å². The molecular weight excluding hydrogens is 316 g/mol. The van der Waals surface area contributed by atoms with E-state index in [0.717, 1.165) is 22.7 Å². The van der Waals surface area contributed by atoms with Crippen molar-refractivity contribution >= 4 is 5.91 Å². The van der Waals surface area contributed by atoms with Gasteiger partial charge in [0.2, 0.25) is 0 Å². The van der Waals surface area contributed by atoms with Crippen LogP contribution in [0, 0.1) is 6.92 Å². The largest absolute Gasteiger partial charge is 0.497 e. The van der Waals surface area contributed by atoms with Crippen LogP contribution in [0.15, 0.2) is 48.5 Å². The number of ether oxygens (including phenoxy) is 1. The van der Waals surface area contributed by atoms with Crippen LogP contribution in [-0.2, 0) is 6.42 Å². The quantitative estimate of drug-likeness (QED) is 0.725. The zero-order chi connectivity index (χ0) is 17.6. The molecule has 1 amide bonds. The summed E-state index contributed by atoms with van der Waals surface area (Å²) in [5.74, 6) is 2.07. The van der Waals surface area contributed by atoms with Crippen molar-refractivity contribution in [2.24, 2.45) is 0 Å². The number of nitrogens with one attached hydrogen (secondary N) is 2. The molecule has 0 aliphatic rings. The third-order valence-electron chi connectivity index (χ3n) is 3.92. The van der Waals surface area contributed by atoms with Crippen molar-refractivity contribution in [2.45, 2.75) is 13.3 Å². The topological polar surface area (TPSA) is 79.9 Å². The van der Waals surface area contributed by atoms with Gasteiger partial charge >= 0.3 is 0 Å². The Hall–Kier alpha value is -3.15. The highest BCUT2D eigenvalue weighted by Gasteiger charge is 2.09. The molecule has 0 bridgehead atoms. The Morgan fingerprint density at radius 2 is 1.92 bits per heavy atom. The van der Waals surface area contributed by atoms with E-state index < -0.39 is 0 Å². The lowest BCUT2D eigenvalue weighted by Gasteiger charge is -2.06. The van der Waals surface area contributed by atoms with E-state index in [1.165, 1.54) is 0 Å². The summed E-state index contributed by atoms with van der Waals surface area (Å²) in [5.41, 5.74) is 2.56. The van der Waals surface area contributed by atoms with Crippen LogP contribution in [0.1, 0.15) is 21.7 Å². The van der Waals surface area contributed by atoms with E-state index in [1.807, 2.05) is 55.5 Å². The number of carbonyl (C=O) groups is 1. The minimum atomic E-state index is -0.0759. The van der Waals surface area contributed by atoms with Gasteiger partial charge in [-0.05, 0) is 42.8 Å². The molecule has 0 saturated carbocycles. The number of hydrogen-bond donors (Lipinski definition) is 2. The van der Waals surface area contributed by atoms with Crippen molar-refractivity contribution in [3.05, 3.63) is 65.5 Å². The van der Waals surface area contributed by atoms with E-state index >= 15 is 0 Å². The number of aryl methyl sites for hydroxylation is 1. The van der Waals surface area contributed by atoms with Crippen LogP contribution in [0.25, 0.3) is 11.4 Å². The van der Waals surface area contributed by atoms with Gasteiger partial charge in [-0.1, -0.05) is 18.2 Å². The first kappa shape index (κ1) is 16.7. The maximum absolute atomic E-state index is 12.2. The van der Waals surface area contributed by atoms with Gasteiger partial charge in [0.25, 0.3) is 5.91 Å². The molecule has 0 fully saturated rings. The highest BCUT2D eigenvalue weighted by atomic mass is 16.5. The molecule has 2 N–H and O–H groups in total. The van der Waals surface area contributed by atoms with Crippen molar-refractivity contribution in [3.63, 3.8) is 0 Å². The summed E-state index contributed by atoms with van der Waals surface area (Å²) in [6.07, 6.45) is 0.584. The highest BCUT2D eigenvalue weighted by molar-refractivity contribution is 5.95. The van der Waals surface area contributed by atoms with Crippen molar-refractivity contribution in [1.29, 1.82) is 0 Å². The molecule has 3 aromatic rings. The van der Waals surface area contributed by atoms with Crippen molar-refractivity contribution in [2.75, 3.05) is 13.7 Å². The summed E-state index contributed by atoms with van der Waals surface area (Å²) in [4.78, 5) is 16.6. The fourth-order valence-corrected chi connectivity index (χ4v) is 2.49. The number of aromatic amines is 1. The lowest BCUT2D eigenvalue weighted by atomic mass is 10.1. The number of aromatic nitrogens is 3. The van der Waals surface area contributed by atoms with Gasteiger partial charge in [-0.15, -0.1) is 0 Å². The van der Waals surface area contributed by atoms with Crippen molar-refractivity contribution in [3.8, 4) is 17.1 Å². The maximum Gasteiger partial charge on any atom is 0.251 e. The number of benzene rings is 2. The van der Waals surface area contributed by atoms with Crippen LogP contribution < -0.4 is 10.1 Å². The summed E-state index contributed by atoms with van der Waals surface area (Å²) in [6.45, 7) is 2.41. The molecule has 0 saturated heterocycles. The molecule has 0 aliphatic heterocycles. The first-order valence-electron chi connectivity index (χ1n) is 8.07. The Morgan fingerprint density at radius 1 is 1.16 bits per heavy atom. The Bertz CT molecular complexity index is 856. The molecule has 3 rings (SSSR count). The van der Waals surface area contributed by atoms with Crippen LogP contribution in [0.2, 0.25) is 0 Å². The first-order chi connectivity index (χ1) is 12.2. The first-order valence-corrected chi connectivity index (χ1v) is 8.07. The molecule has 2 aromatic carbocycles. The van der Waals surface area contributed by atoms with Crippen LogP contribution in [0.3, 0.4) is 0 Å². The smallest absolute Gasteiger partial charge is 0.251 e. The average Bonchev–Trinajstić information content (AvgIpc) is 3.11. The van der Waals surface area contributed by atoms with E-state index in [-0.39, 0.29) is 5.91 Å². The second-order valence-electron chi connectivity index (χ2n) is 5.66. The van der Waals surface area contributed by atoms with Gasteiger partial charge in [-0.2, -0.15) is 5.10 Å². The number of rotatable bonds is 6. The van der Waals surface area contributed by atoms with E-state index in [0.29, 0.717) is 24.4 Å². The third kappa shape index (κ3) is 4.03. The molecule has 0 aliphatic carbocycles. The summed E-state index contributed by atoms with van der Waals surface area (Å²) in [7, 11) is 1.63. The van der Waals surface area contributed by atoms with Gasteiger partial charge in [-0.3, -0.25) is 9.89 Å². The van der Waals surface area contributed by atoms with Gasteiger partial charge in [0.05, 0.1) is 7.11 Å². The summed E-state index contributed by atoms with van der Waals surface area (Å²) in [5, 5.41) is 10.0. The van der Waals surface area contributed by atoms with E-state index in [1.54, 1.807) is 7.11 Å². The molecule has 128 valence electrons. The SMILES string of the molecule is COc1ccc(-c2n[nH]c(CCNC(=O)c3ccccc3C)n2)cc1. The molecule has 0 radical (unpaired) electrons. The molecule has 1 heterocycles. The van der Waals surface area contributed by atoms with Gasteiger partial charge in [0.15, 0.2) is 5.82 Å². The van der Waals surface area contributed by atoms with Crippen LogP contribution in [-0.4, -0.2) is 34.7 Å². The third-order valence-corrected chi connectivity index (χ3v) is 3.92. The molecule has 0 spiro atoms.